The highest BCUT2D eigenvalue weighted by Gasteiger charge is 2.24. The fraction of sp³-hybridized carbons (Fsp3) is 0.533. The number of hydrogen-bond donors (Lipinski definition) is 2. The van der Waals surface area contributed by atoms with Crippen LogP contribution in [0.5, 0.6) is 5.75 Å². The van der Waals surface area contributed by atoms with E-state index in [1.807, 2.05) is 0 Å². The molecular weight excluding hydrogens is 270 g/mol. The van der Waals surface area contributed by atoms with Gasteiger partial charge in [0, 0.05) is 19.3 Å². The molecule has 0 bridgehead atoms. The Kier molecular flexibility index (Phi) is 5.41. The normalized spacial score (nSPS) is 18.7. The molecule has 1 aromatic carbocycles. The van der Waals surface area contributed by atoms with E-state index in [9.17, 15) is 4.79 Å². The number of methoxy groups -OCH3 is 2. The van der Waals surface area contributed by atoms with Gasteiger partial charge in [0.2, 0.25) is 5.91 Å². The Bertz CT molecular complexity index is 493. The molecule has 0 spiro atoms. The van der Waals surface area contributed by atoms with E-state index >= 15 is 0 Å². The van der Waals surface area contributed by atoms with E-state index in [-0.39, 0.29) is 5.91 Å². The third kappa shape index (κ3) is 4.34. The molecule has 1 aliphatic rings. The van der Waals surface area contributed by atoms with Crippen molar-refractivity contribution in [1.29, 1.82) is 0 Å². The van der Waals surface area contributed by atoms with E-state index in [1.165, 1.54) is 0 Å². The number of amides is 1. The van der Waals surface area contributed by atoms with Crippen molar-refractivity contribution in [1.82, 2.24) is 4.90 Å². The van der Waals surface area contributed by atoms with Gasteiger partial charge in [-0.25, -0.2) is 0 Å². The number of nitrogens with two attached hydrogens (primary N) is 1. The molecule has 6 heteroatoms. The SMILES string of the molecule is COCC1CCN(CC(=O)Nc2cc(N)ccc2OC)C1. The summed E-state index contributed by atoms with van der Waals surface area (Å²) < 4.78 is 10.4. The van der Waals surface area contributed by atoms with Crippen molar-refractivity contribution in [3.63, 3.8) is 0 Å². The number of likely N-dealkylation sites (tertiary alicyclic amines) is 1. The molecule has 1 atom stereocenters. The van der Waals surface area contributed by atoms with Gasteiger partial charge in [0.15, 0.2) is 0 Å². The number of ether oxygens (including phenoxy) is 2. The summed E-state index contributed by atoms with van der Waals surface area (Å²) in [5.41, 5.74) is 6.94. The number of carbonyl (C=O) groups excluding carboxylic acids is 1. The second-order valence-corrected chi connectivity index (χ2v) is 5.35. The molecule has 1 unspecified atom stereocenters. The molecule has 1 fully saturated rings. The highest BCUT2D eigenvalue weighted by atomic mass is 16.5. The molecule has 0 radical (unpaired) electrons. The minimum absolute atomic E-state index is 0.0584. The number of rotatable bonds is 6. The van der Waals surface area contributed by atoms with Crippen LogP contribution in [0.25, 0.3) is 0 Å². The van der Waals surface area contributed by atoms with Crippen LogP contribution < -0.4 is 15.8 Å². The maximum absolute atomic E-state index is 12.1. The van der Waals surface area contributed by atoms with Crippen LogP contribution >= 0.6 is 0 Å². The van der Waals surface area contributed by atoms with Crippen LogP contribution in [0.4, 0.5) is 11.4 Å². The Morgan fingerprint density at radius 2 is 2.29 bits per heavy atom. The fourth-order valence-electron chi connectivity index (χ4n) is 2.64. The van der Waals surface area contributed by atoms with E-state index in [0.717, 1.165) is 26.1 Å². The number of nitrogens with one attached hydrogen (secondary N) is 1. The van der Waals surface area contributed by atoms with Gasteiger partial charge in [0.25, 0.3) is 0 Å². The van der Waals surface area contributed by atoms with Crippen LogP contribution in [-0.4, -0.2) is 51.3 Å². The minimum atomic E-state index is -0.0584. The van der Waals surface area contributed by atoms with Crippen LogP contribution in [0.15, 0.2) is 18.2 Å². The molecule has 116 valence electrons. The number of nitrogens with zero attached hydrogens (tertiary/aromatic N) is 1. The molecule has 0 aliphatic carbocycles. The predicted molar refractivity (Wildman–Crippen MR) is 82.5 cm³/mol. The number of nitrogen functional groups attached to an aromatic ring is 1. The zero-order chi connectivity index (χ0) is 15.2. The van der Waals surface area contributed by atoms with Gasteiger partial charge in [0.05, 0.1) is 25.9 Å². The lowest BCUT2D eigenvalue weighted by molar-refractivity contribution is -0.117. The molecular formula is C15H23N3O3. The molecule has 1 amide bonds. The molecule has 6 nitrogen and oxygen atoms in total. The molecule has 1 aromatic rings. The zero-order valence-corrected chi connectivity index (χ0v) is 12.6. The van der Waals surface area contributed by atoms with Crippen molar-refractivity contribution in [2.24, 2.45) is 5.92 Å². The van der Waals surface area contributed by atoms with Gasteiger partial charge in [-0.15, -0.1) is 0 Å². The van der Waals surface area contributed by atoms with Crippen LogP contribution in [-0.2, 0) is 9.53 Å². The first-order valence-corrected chi connectivity index (χ1v) is 7.07. The third-order valence-corrected chi connectivity index (χ3v) is 3.64. The minimum Gasteiger partial charge on any atom is -0.495 e. The van der Waals surface area contributed by atoms with Gasteiger partial charge < -0.3 is 20.5 Å². The van der Waals surface area contributed by atoms with E-state index in [1.54, 1.807) is 32.4 Å². The Hall–Kier alpha value is -1.79. The smallest absolute Gasteiger partial charge is 0.238 e. The standard InChI is InChI=1S/C15H23N3O3/c1-20-10-11-5-6-18(8-11)9-15(19)17-13-7-12(16)3-4-14(13)21-2/h3-4,7,11H,5-6,8-10,16H2,1-2H3,(H,17,19). The van der Waals surface area contributed by atoms with Gasteiger partial charge in [-0.05, 0) is 37.1 Å². The lowest BCUT2D eigenvalue weighted by Crippen LogP contribution is -2.32. The topological polar surface area (TPSA) is 76.8 Å². The Morgan fingerprint density at radius 1 is 1.48 bits per heavy atom. The van der Waals surface area contributed by atoms with Crippen molar-refractivity contribution in [2.45, 2.75) is 6.42 Å². The van der Waals surface area contributed by atoms with Gasteiger partial charge in [-0.1, -0.05) is 0 Å². The summed E-state index contributed by atoms with van der Waals surface area (Å²) in [6, 6.07) is 5.19. The van der Waals surface area contributed by atoms with Crippen molar-refractivity contribution in [2.75, 3.05) is 51.5 Å². The monoisotopic (exact) mass is 293 g/mol. The van der Waals surface area contributed by atoms with E-state index in [2.05, 4.69) is 10.2 Å². The highest BCUT2D eigenvalue weighted by molar-refractivity contribution is 5.94. The van der Waals surface area contributed by atoms with Crippen molar-refractivity contribution in [3.8, 4) is 5.75 Å². The summed E-state index contributed by atoms with van der Waals surface area (Å²) in [5.74, 6) is 1.07. The maximum Gasteiger partial charge on any atom is 0.238 e. The first-order valence-electron chi connectivity index (χ1n) is 7.07. The predicted octanol–water partition coefficient (Wildman–Crippen LogP) is 1.18. The quantitative estimate of drug-likeness (QED) is 0.770. The number of hydrogen-bond acceptors (Lipinski definition) is 5. The van der Waals surface area contributed by atoms with Gasteiger partial charge in [-0.2, -0.15) is 0 Å². The number of anilines is 2. The van der Waals surface area contributed by atoms with Crippen molar-refractivity contribution < 1.29 is 14.3 Å². The van der Waals surface area contributed by atoms with Gasteiger partial charge >= 0.3 is 0 Å². The summed E-state index contributed by atoms with van der Waals surface area (Å²) in [4.78, 5) is 14.3. The molecule has 21 heavy (non-hydrogen) atoms. The van der Waals surface area contributed by atoms with Gasteiger partial charge in [-0.3, -0.25) is 9.69 Å². The van der Waals surface area contributed by atoms with Crippen LogP contribution in [0.3, 0.4) is 0 Å². The Balaban J connectivity index is 1.89. The van der Waals surface area contributed by atoms with Crippen LogP contribution in [0, 0.1) is 5.92 Å². The molecule has 0 saturated carbocycles. The maximum atomic E-state index is 12.1. The second-order valence-electron chi connectivity index (χ2n) is 5.35. The summed E-state index contributed by atoms with van der Waals surface area (Å²) in [6.45, 7) is 2.95. The summed E-state index contributed by atoms with van der Waals surface area (Å²) in [6.07, 6.45) is 1.07. The summed E-state index contributed by atoms with van der Waals surface area (Å²) in [5, 5.41) is 2.86. The van der Waals surface area contributed by atoms with Crippen molar-refractivity contribution >= 4 is 17.3 Å². The summed E-state index contributed by atoms with van der Waals surface area (Å²) >= 11 is 0. The average molecular weight is 293 g/mol. The summed E-state index contributed by atoms with van der Waals surface area (Å²) in [7, 11) is 3.28. The highest BCUT2D eigenvalue weighted by Crippen LogP contribution is 2.26. The molecule has 3 N–H and O–H groups in total. The largest absolute Gasteiger partial charge is 0.495 e. The lowest BCUT2D eigenvalue weighted by atomic mass is 10.1. The third-order valence-electron chi connectivity index (χ3n) is 3.64. The van der Waals surface area contributed by atoms with E-state index < -0.39 is 0 Å². The second kappa shape index (κ2) is 7.28. The molecule has 2 rings (SSSR count). The van der Waals surface area contributed by atoms with Crippen LogP contribution in [0.1, 0.15) is 6.42 Å². The Morgan fingerprint density at radius 3 is 3.00 bits per heavy atom. The molecule has 1 saturated heterocycles. The van der Waals surface area contributed by atoms with Crippen LogP contribution in [0.2, 0.25) is 0 Å². The first-order chi connectivity index (χ1) is 10.1. The average Bonchev–Trinajstić information content (AvgIpc) is 2.86. The fourth-order valence-corrected chi connectivity index (χ4v) is 2.64. The van der Waals surface area contributed by atoms with E-state index in [0.29, 0.717) is 29.6 Å². The number of carbonyl (C=O) groups is 1. The zero-order valence-electron chi connectivity index (χ0n) is 12.6. The first kappa shape index (κ1) is 15.6. The van der Waals surface area contributed by atoms with E-state index in [4.69, 9.17) is 15.2 Å². The Labute approximate surface area is 125 Å². The van der Waals surface area contributed by atoms with Crippen molar-refractivity contribution in [3.05, 3.63) is 18.2 Å². The molecule has 1 heterocycles. The molecule has 1 aliphatic heterocycles. The van der Waals surface area contributed by atoms with Gasteiger partial charge in [0.1, 0.15) is 5.75 Å². The molecule has 0 aromatic heterocycles. The lowest BCUT2D eigenvalue weighted by Gasteiger charge is -2.16. The number of benzene rings is 1.